The molecule has 0 heterocycles. The van der Waals surface area contributed by atoms with E-state index in [9.17, 15) is 0 Å². The van der Waals surface area contributed by atoms with E-state index in [1.165, 1.54) is 36.0 Å². The molecule has 5 rings (SSSR count). The van der Waals surface area contributed by atoms with Gasteiger partial charge in [0.1, 0.15) is 0 Å². The third kappa shape index (κ3) is 2.93. The van der Waals surface area contributed by atoms with Gasteiger partial charge in [-0.3, -0.25) is 0 Å². The Kier molecular flexibility index (Phi) is 4.82. The number of rotatable bonds is 3. The third-order valence-corrected chi connectivity index (χ3v) is 13.4. The van der Waals surface area contributed by atoms with Crippen LogP contribution < -0.4 is 0 Å². The second-order valence-corrected chi connectivity index (χ2v) is 15.6. The number of hydrogen-bond acceptors (Lipinski definition) is 0. The lowest BCUT2D eigenvalue weighted by atomic mass is 9.89. The van der Waals surface area contributed by atoms with Crippen LogP contribution in [0.3, 0.4) is 0 Å². The lowest BCUT2D eigenvalue weighted by Gasteiger charge is -2.39. The van der Waals surface area contributed by atoms with Gasteiger partial charge >= 0.3 is 0 Å². The summed E-state index contributed by atoms with van der Waals surface area (Å²) >= 11 is 0. The monoisotopic (exact) mass is 424 g/mol. The van der Waals surface area contributed by atoms with Crippen LogP contribution in [0.2, 0.25) is 18.6 Å². The molecule has 31 heavy (non-hydrogen) atoms. The molecule has 0 radical (unpaired) electrons. The molecule has 0 fully saturated rings. The predicted molar refractivity (Wildman–Crippen MR) is 138 cm³/mol. The first-order valence-electron chi connectivity index (χ1n) is 12.0. The smallest absolute Gasteiger partial charge is 0.0679 e. The van der Waals surface area contributed by atoms with E-state index in [0.29, 0.717) is 11.1 Å². The first-order valence-corrected chi connectivity index (χ1v) is 15.2. The minimum Gasteiger partial charge on any atom is -0.0679 e. The molecule has 0 saturated heterocycles. The minimum atomic E-state index is -1.70. The molecule has 1 heteroatoms. The molecule has 0 aliphatic heterocycles. The Morgan fingerprint density at radius 2 is 1.45 bits per heavy atom. The topological polar surface area (TPSA) is 0 Å². The number of hydrogen-bond donors (Lipinski definition) is 0. The van der Waals surface area contributed by atoms with Gasteiger partial charge in [-0.2, -0.15) is 0 Å². The molecule has 1 unspecified atom stereocenters. The van der Waals surface area contributed by atoms with Gasteiger partial charge in [0.2, 0.25) is 0 Å². The Morgan fingerprint density at radius 1 is 0.806 bits per heavy atom. The summed E-state index contributed by atoms with van der Waals surface area (Å²) in [5.74, 6) is 0. The van der Waals surface area contributed by atoms with E-state index in [-0.39, 0.29) is 0 Å². The zero-order valence-corrected chi connectivity index (χ0v) is 21.3. The van der Waals surface area contributed by atoms with Crippen molar-refractivity contribution in [2.75, 3.05) is 0 Å². The molecule has 160 valence electrons. The van der Waals surface area contributed by atoms with Crippen molar-refractivity contribution in [2.24, 2.45) is 0 Å². The molecule has 2 aromatic rings. The largest absolute Gasteiger partial charge is 0.0717 e. The van der Waals surface area contributed by atoms with Gasteiger partial charge in [-0.05, 0) is 104 Å². The van der Waals surface area contributed by atoms with Crippen LogP contribution in [0.1, 0.15) is 68.8 Å². The van der Waals surface area contributed by atoms with Crippen LogP contribution in [0.4, 0.5) is 0 Å². The molecule has 0 nitrogen and oxygen atoms in total. The standard InChI is InChI=1S/C30H36Si/c1-18-16-26-27(29(18)31(6,7)30-21(4)19(2)20(3)22(30)5)17-24-14-11-15-25(24)28(26)23-12-9-8-10-13-23/h8-10,12-13,16-17,29-30H,11,14-15H2,1-7H3. The second-order valence-electron chi connectivity index (χ2n) is 10.8. The summed E-state index contributed by atoms with van der Waals surface area (Å²) in [4.78, 5) is 0. The lowest BCUT2D eigenvalue weighted by Crippen LogP contribution is -2.41. The fourth-order valence-corrected chi connectivity index (χ4v) is 12.6. The molecule has 0 spiro atoms. The first-order chi connectivity index (χ1) is 14.7. The van der Waals surface area contributed by atoms with Gasteiger partial charge in [0.25, 0.3) is 0 Å². The molecular formula is C30H36Si. The fourth-order valence-electron chi connectivity index (χ4n) is 7.29. The highest BCUT2D eigenvalue weighted by Crippen LogP contribution is 2.56. The van der Waals surface area contributed by atoms with Gasteiger partial charge in [0.15, 0.2) is 0 Å². The predicted octanol–water partition coefficient (Wildman–Crippen LogP) is 8.65. The maximum Gasteiger partial charge on any atom is 0.0717 e. The number of allylic oxidation sites excluding steroid dienone is 5. The number of benzene rings is 2. The molecule has 0 amide bonds. The van der Waals surface area contributed by atoms with Gasteiger partial charge in [0.05, 0.1) is 8.07 Å². The quantitative estimate of drug-likeness (QED) is 0.432. The molecule has 0 saturated carbocycles. The van der Waals surface area contributed by atoms with Crippen molar-refractivity contribution >= 4 is 14.1 Å². The molecule has 3 aliphatic rings. The van der Waals surface area contributed by atoms with Crippen molar-refractivity contribution in [2.45, 2.75) is 78.1 Å². The van der Waals surface area contributed by atoms with Crippen molar-refractivity contribution in [3.8, 4) is 11.1 Å². The maximum absolute atomic E-state index is 2.66. The summed E-state index contributed by atoms with van der Waals surface area (Å²) in [5.41, 5.74) is 18.6. The molecule has 1 atom stereocenters. The van der Waals surface area contributed by atoms with E-state index < -0.39 is 8.07 Å². The molecule has 0 bridgehead atoms. The van der Waals surface area contributed by atoms with E-state index in [1.807, 2.05) is 0 Å². The van der Waals surface area contributed by atoms with Crippen molar-refractivity contribution in [3.63, 3.8) is 0 Å². The van der Waals surface area contributed by atoms with Gasteiger partial charge in [-0.1, -0.05) is 72.3 Å². The highest BCUT2D eigenvalue weighted by Gasteiger charge is 2.47. The third-order valence-electron chi connectivity index (χ3n) is 8.77. The summed E-state index contributed by atoms with van der Waals surface area (Å²) in [7, 11) is -1.70. The summed E-state index contributed by atoms with van der Waals surface area (Å²) in [6.45, 7) is 17.2. The highest BCUT2D eigenvalue weighted by atomic mass is 28.3. The van der Waals surface area contributed by atoms with Crippen LogP contribution in [0.15, 0.2) is 64.3 Å². The first kappa shape index (κ1) is 20.8. The van der Waals surface area contributed by atoms with Crippen LogP contribution in [-0.4, -0.2) is 8.07 Å². The number of aryl methyl sites for hydroxylation is 1. The van der Waals surface area contributed by atoms with Crippen LogP contribution in [0, 0.1) is 0 Å². The van der Waals surface area contributed by atoms with E-state index >= 15 is 0 Å². The summed E-state index contributed by atoms with van der Waals surface area (Å²) < 4.78 is 0. The van der Waals surface area contributed by atoms with Crippen molar-refractivity contribution in [3.05, 3.63) is 86.5 Å². The Labute approximate surface area is 189 Å². The summed E-state index contributed by atoms with van der Waals surface area (Å²) in [5, 5.41) is 0. The SMILES string of the molecule is CC1=Cc2c(cc3c(c2-c2ccccc2)CCC3)C1[Si](C)(C)C1C(C)=C(C)C(C)=C1C. The maximum atomic E-state index is 2.66. The van der Waals surface area contributed by atoms with Gasteiger partial charge in [-0.15, -0.1) is 0 Å². The van der Waals surface area contributed by atoms with Crippen LogP contribution in [-0.2, 0) is 12.8 Å². The van der Waals surface area contributed by atoms with Gasteiger partial charge in [-0.25, -0.2) is 0 Å². The van der Waals surface area contributed by atoms with Crippen molar-refractivity contribution in [1.82, 2.24) is 0 Å². The van der Waals surface area contributed by atoms with Crippen LogP contribution in [0.25, 0.3) is 17.2 Å². The molecule has 0 aromatic heterocycles. The fraction of sp³-hybridized carbons (Fsp3) is 0.400. The summed E-state index contributed by atoms with van der Waals surface area (Å²) in [6, 6.07) is 13.8. The Bertz CT molecular complexity index is 1150. The molecule has 0 N–H and O–H groups in total. The van der Waals surface area contributed by atoms with Gasteiger partial charge in [0, 0.05) is 5.54 Å². The molecule has 3 aliphatic carbocycles. The van der Waals surface area contributed by atoms with E-state index in [1.54, 1.807) is 44.6 Å². The minimum absolute atomic E-state index is 0.601. The molecular weight excluding hydrogens is 388 g/mol. The van der Waals surface area contributed by atoms with E-state index in [2.05, 4.69) is 90.2 Å². The molecule has 2 aromatic carbocycles. The van der Waals surface area contributed by atoms with Crippen molar-refractivity contribution < 1.29 is 0 Å². The summed E-state index contributed by atoms with van der Waals surface area (Å²) in [6.07, 6.45) is 6.34. The highest BCUT2D eigenvalue weighted by molar-refractivity contribution is 6.82. The Morgan fingerprint density at radius 3 is 2.10 bits per heavy atom. The Hall–Kier alpha value is -2.12. The Balaban J connectivity index is 1.71. The zero-order valence-electron chi connectivity index (χ0n) is 20.3. The normalized spacial score (nSPS) is 21.1. The van der Waals surface area contributed by atoms with E-state index in [4.69, 9.17) is 0 Å². The van der Waals surface area contributed by atoms with Gasteiger partial charge < -0.3 is 0 Å². The zero-order chi connectivity index (χ0) is 22.1. The number of fused-ring (bicyclic) bond motifs is 2. The average Bonchev–Trinajstić information content (AvgIpc) is 3.38. The van der Waals surface area contributed by atoms with Crippen molar-refractivity contribution in [1.29, 1.82) is 0 Å². The van der Waals surface area contributed by atoms with E-state index in [0.717, 1.165) is 0 Å². The van der Waals surface area contributed by atoms with Crippen LogP contribution in [0.5, 0.6) is 0 Å². The van der Waals surface area contributed by atoms with Crippen LogP contribution >= 0.6 is 0 Å². The second kappa shape index (κ2) is 7.20. The lowest BCUT2D eigenvalue weighted by molar-refractivity contribution is 0.911. The average molecular weight is 425 g/mol.